The van der Waals surface area contributed by atoms with Crippen molar-refractivity contribution in [2.75, 3.05) is 6.61 Å². The number of hydrogen-bond donors (Lipinski definition) is 0. The van der Waals surface area contributed by atoms with Gasteiger partial charge in [-0.3, -0.25) is 0 Å². The van der Waals surface area contributed by atoms with Gasteiger partial charge in [0.05, 0.1) is 6.61 Å². The highest BCUT2D eigenvalue weighted by atomic mass is 35.5. The molecule has 5 heteroatoms. The average Bonchev–Trinajstić information content (AvgIpc) is 2.36. The van der Waals surface area contributed by atoms with E-state index in [2.05, 4.69) is 14.1 Å². The van der Waals surface area contributed by atoms with Crippen LogP contribution in [0.1, 0.15) is 17.4 Å². The van der Waals surface area contributed by atoms with E-state index in [-0.39, 0.29) is 10.9 Å². The van der Waals surface area contributed by atoms with Gasteiger partial charge >= 0.3 is 5.97 Å². The van der Waals surface area contributed by atoms with Crippen molar-refractivity contribution >= 4 is 17.6 Å². The number of oxazole rings is 1. The number of carbonyl (C=O) groups is 1. The molecule has 11 heavy (non-hydrogen) atoms. The van der Waals surface area contributed by atoms with Crippen molar-refractivity contribution in [1.29, 1.82) is 0 Å². The van der Waals surface area contributed by atoms with Crippen LogP contribution in [-0.2, 0) is 4.74 Å². The molecule has 1 aromatic heterocycles. The van der Waals surface area contributed by atoms with E-state index >= 15 is 0 Å². The maximum absolute atomic E-state index is 10.9. The molecule has 0 saturated carbocycles. The van der Waals surface area contributed by atoms with Crippen LogP contribution in [0.4, 0.5) is 0 Å². The van der Waals surface area contributed by atoms with Crippen molar-refractivity contribution in [2.45, 2.75) is 6.92 Å². The van der Waals surface area contributed by atoms with E-state index in [1.165, 1.54) is 0 Å². The summed E-state index contributed by atoms with van der Waals surface area (Å²) in [5, 5.41) is -0.0385. The van der Waals surface area contributed by atoms with Crippen LogP contribution in [0, 0.1) is 0 Å². The Labute approximate surface area is 68.1 Å². The van der Waals surface area contributed by atoms with E-state index in [1.54, 1.807) is 6.92 Å². The third-order valence-electron chi connectivity index (χ3n) is 0.993. The second kappa shape index (κ2) is 3.39. The third-order valence-corrected chi connectivity index (χ3v) is 1.26. The molecule has 0 aromatic carbocycles. The molecule has 4 nitrogen and oxygen atoms in total. The molecule has 0 aliphatic carbocycles. The minimum atomic E-state index is -0.564. The third kappa shape index (κ3) is 1.71. The van der Waals surface area contributed by atoms with E-state index in [9.17, 15) is 4.79 Å². The SMILES string of the molecule is CCOC(=O)c1ncoc1Cl. The summed E-state index contributed by atoms with van der Waals surface area (Å²) >= 11 is 5.44. The van der Waals surface area contributed by atoms with E-state index in [0.29, 0.717) is 6.61 Å². The van der Waals surface area contributed by atoms with Crippen molar-refractivity contribution in [3.05, 3.63) is 17.3 Å². The van der Waals surface area contributed by atoms with E-state index in [0.717, 1.165) is 6.39 Å². The van der Waals surface area contributed by atoms with Crippen molar-refractivity contribution in [3.63, 3.8) is 0 Å². The molecule has 0 aliphatic heterocycles. The summed E-state index contributed by atoms with van der Waals surface area (Å²) in [7, 11) is 0. The van der Waals surface area contributed by atoms with Crippen LogP contribution in [0.2, 0.25) is 5.22 Å². The Morgan fingerprint density at radius 1 is 1.91 bits per heavy atom. The lowest BCUT2D eigenvalue weighted by Gasteiger charge is -1.95. The minimum Gasteiger partial charge on any atom is -0.461 e. The number of ether oxygens (including phenoxy) is 1. The van der Waals surface area contributed by atoms with Gasteiger partial charge < -0.3 is 9.15 Å². The molecule has 1 rings (SSSR count). The zero-order valence-electron chi connectivity index (χ0n) is 5.83. The Kier molecular flexibility index (Phi) is 2.48. The normalized spacial score (nSPS) is 9.64. The first-order chi connectivity index (χ1) is 5.25. The van der Waals surface area contributed by atoms with Gasteiger partial charge in [0.25, 0.3) is 0 Å². The molecule has 1 heterocycles. The second-order valence-electron chi connectivity index (χ2n) is 1.70. The largest absolute Gasteiger partial charge is 0.461 e. The van der Waals surface area contributed by atoms with Gasteiger partial charge in [-0.25, -0.2) is 9.78 Å². The zero-order chi connectivity index (χ0) is 8.27. The van der Waals surface area contributed by atoms with Gasteiger partial charge in [-0.2, -0.15) is 0 Å². The van der Waals surface area contributed by atoms with E-state index < -0.39 is 5.97 Å². The molecule has 0 radical (unpaired) electrons. The molecule has 1 aromatic rings. The number of aromatic nitrogens is 1. The smallest absolute Gasteiger partial charge is 0.361 e. The topological polar surface area (TPSA) is 52.3 Å². The summed E-state index contributed by atoms with van der Waals surface area (Å²) in [5.41, 5.74) is 0.0218. The summed E-state index contributed by atoms with van der Waals surface area (Å²) < 4.78 is 9.21. The van der Waals surface area contributed by atoms with Gasteiger partial charge in [-0.15, -0.1) is 0 Å². The first-order valence-electron chi connectivity index (χ1n) is 3.01. The standard InChI is InChI=1S/C6H6ClNO3/c1-2-10-6(9)4-5(7)11-3-8-4/h3H,2H2,1H3. The molecule has 0 N–H and O–H groups in total. The lowest BCUT2D eigenvalue weighted by atomic mass is 10.5. The Balaban J connectivity index is 2.76. The molecule has 60 valence electrons. The van der Waals surface area contributed by atoms with Crippen molar-refractivity contribution in [2.24, 2.45) is 0 Å². The summed E-state index contributed by atoms with van der Waals surface area (Å²) in [6.45, 7) is 1.99. The molecular formula is C6H6ClNO3. The molecular weight excluding hydrogens is 170 g/mol. The van der Waals surface area contributed by atoms with Gasteiger partial charge in [0.15, 0.2) is 6.39 Å². The minimum absolute atomic E-state index is 0.0218. The van der Waals surface area contributed by atoms with Crippen LogP contribution in [0.15, 0.2) is 10.8 Å². The van der Waals surface area contributed by atoms with Gasteiger partial charge in [-0.05, 0) is 18.5 Å². The molecule has 0 saturated heterocycles. The number of hydrogen-bond acceptors (Lipinski definition) is 4. The lowest BCUT2D eigenvalue weighted by molar-refractivity contribution is 0.0520. The van der Waals surface area contributed by atoms with Crippen LogP contribution in [0.5, 0.6) is 0 Å². The van der Waals surface area contributed by atoms with E-state index in [4.69, 9.17) is 11.6 Å². The maximum atomic E-state index is 10.9. The van der Waals surface area contributed by atoms with E-state index in [1.807, 2.05) is 0 Å². The van der Waals surface area contributed by atoms with Crippen LogP contribution in [-0.4, -0.2) is 17.6 Å². The number of nitrogens with zero attached hydrogens (tertiary/aromatic N) is 1. The summed E-state index contributed by atoms with van der Waals surface area (Å²) in [6.07, 6.45) is 1.09. The predicted octanol–water partition coefficient (Wildman–Crippen LogP) is 1.50. The number of esters is 1. The molecule has 0 amide bonds. The van der Waals surface area contributed by atoms with Crippen LogP contribution in [0.3, 0.4) is 0 Å². The summed E-state index contributed by atoms with van der Waals surface area (Å²) in [6, 6.07) is 0. The first-order valence-corrected chi connectivity index (χ1v) is 3.39. The number of carbonyl (C=O) groups excluding carboxylic acids is 1. The van der Waals surface area contributed by atoms with Crippen molar-refractivity contribution in [3.8, 4) is 0 Å². The highest BCUT2D eigenvalue weighted by Crippen LogP contribution is 2.13. The van der Waals surface area contributed by atoms with Gasteiger partial charge in [0.1, 0.15) is 0 Å². The molecule has 0 atom stereocenters. The Bertz CT molecular complexity index is 258. The molecule has 0 unspecified atom stereocenters. The number of halogens is 1. The van der Waals surface area contributed by atoms with Crippen LogP contribution >= 0.6 is 11.6 Å². The molecule has 0 fully saturated rings. The molecule has 0 bridgehead atoms. The molecule has 0 spiro atoms. The summed E-state index contributed by atoms with van der Waals surface area (Å²) in [4.78, 5) is 14.5. The highest BCUT2D eigenvalue weighted by molar-refractivity contribution is 6.31. The predicted molar refractivity (Wildman–Crippen MR) is 37.5 cm³/mol. The Morgan fingerprint density at radius 3 is 3.09 bits per heavy atom. The van der Waals surface area contributed by atoms with Gasteiger partial charge in [-0.1, -0.05) is 0 Å². The Hall–Kier alpha value is -1.03. The van der Waals surface area contributed by atoms with Crippen LogP contribution in [0.25, 0.3) is 0 Å². The van der Waals surface area contributed by atoms with Gasteiger partial charge in [0, 0.05) is 0 Å². The number of rotatable bonds is 2. The van der Waals surface area contributed by atoms with Crippen LogP contribution < -0.4 is 0 Å². The highest BCUT2D eigenvalue weighted by Gasteiger charge is 2.15. The average molecular weight is 176 g/mol. The quantitative estimate of drug-likeness (QED) is 0.640. The van der Waals surface area contributed by atoms with Crippen molar-refractivity contribution in [1.82, 2.24) is 4.98 Å². The monoisotopic (exact) mass is 175 g/mol. The summed E-state index contributed by atoms with van der Waals surface area (Å²) in [5.74, 6) is -0.564. The van der Waals surface area contributed by atoms with Gasteiger partial charge in [0.2, 0.25) is 10.9 Å². The fraction of sp³-hybridized carbons (Fsp3) is 0.333. The molecule has 0 aliphatic rings. The fourth-order valence-electron chi connectivity index (χ4n) is 0.564. The lowest BCUT2D eigenvalue weighted by Crippen LogP contribution is -2.05. The maximum Gasteiger partial charge on any atom is 0.361 e. The zero-order valence-corrected chi connectivity index (χ0v) is 6.59. The fourth-order valence-corrected chi connectivity index (χ4v) is 0.730. The first kappa shape index (κ1) is 8.07. The second-order valence-corrected chi connectivity index (χ2v) is 2.04. The Morgan fingerprint density at radius 2 is 2.64 bits per heavy atom. The van der Waals surface area contributed by atoms with Crippen molar-refractivity contribution < 1.29 is 13.9 Å².